The van der Waals surface area contributed by atoms with Crippen LogP contribution in [0.5, 0.6) is 0 Å². The van der Waals surface area contributed by atoms with Gasteiger partial charge in [-0.15, -0.1) is 0 Å². The molecule has 1 N–H and O–H groups in total. The molecule has 0 fully saturated rings. The average Bonchev–Trinajstić information content (AvgIpc) is 3.12. The predicted octanol–water partition coefficient (Wildman–Crippen LogP) is 10.5. The Balaban J connectivity index is 1.15. The molecule has 2 heteroatoms. The van der Waals surface area contributed by atoms with Crippen molar-refractivity contribution in [2.75, 3.05) is 0 Å². The summed E-state index contributed by atoms with van der Waals surface area (Å²) in [5.74, 6) is 0. The molecule has 222 valence electrons. The number of hydrogen-bond acceptors (Lipinski definition) is 2. The molecule has 46 heavy (non-hydrogen) atoms. The van der Waals surface area contributed by atoms with Crippen molar-refractivity contribution in [3.05, 3.63) is 186 Å². The topological polar surface area (TPSA) is 35.8 Å². The summed E-state index contributed by atoms with van der Waals surface area (Å²) in [6.45, 7) is 2.30. The lowest BCUT2D eigenvalue weighted by molar-refractivity contribution is 0.405. The van der Waals surface area contributed by atoms with E-state index in [9.17, 15) is 5.26 Å². The van der Waals surface area contributed by atoms with E-state index in [-0.39, 0.29) is 11.6 Å². The maximum absolute atomic E-state index is 9.43. The zero-order valence-corrected chi connectivity index (χ0v) is 26.0. The molecule has 0 heterocycles. The van der Waals surface area contributed by atoms with Crippen LogP contribution in [-0.2, 0) is 0 Å². The van der Waals surface area contributed by atoms with Crippen LogP contribution in [0, 0.1) is 11.3 Å². The highest BCUT2D eigenvalue weighted by atomic mass is 15.0. The van der Waals surface area contributed by atoms with Crippen LogP contribution in [0.2, 0.25) is 0 Å². The second-order valence-corrected chi connectivity index (χ2v) is 12.4. The zero-order valence-electron chi connectivity index (χ0n) is 26.0. The van der Waals surface area contributed by atoms with Gasteiger partial charge in [0.05, 0.1) is 11.6 Å². The molecule has 0 saturated carbocycles. The highest BCUT2D eigenvalue weighted by Gasteiger charge is 2.28. The molecule has 7 rings (SSSR count). The fourth-order valence-corrected chi connectivity index (χ4v) is 6.56. The molecule has 2 aliphatic rings. The molecule has 0 bridgehead atoms. The largest absolute Gasteiger partial charge is 0.301 e. The van der Waals surface area contributed by atoms with Crippen LogP contribution in [0.4, 0.5) is 0 Å². The summed E-state index contributed by atoms with van der Waals surface area (Å²) in [4.78, 5) is 0. The van der Waals surface area contributed by atoms with Gasteiger partial charge in [0, 0.05) is 11.6 Å². The highest BCUT2D eigenvalue weighted by Crippen LogP contribution is 2.35. The second kappa shape index (κ2) is 12.9. The molecule has 0 amide bonds. The van der Waals surface area contributed by atoms with Crippen LogP contribution < -0.4 is 5.32 Å². The van der Waals surface area contributed by atoms with Gasteiger partial charge in [-0.1, -0.05) is 140 Å². The summed E-state index contributed by atoms with van der Waals surface area (Å²) in [6, 6.07) is 49.0. The first-order valence-electron chi connectivity index (χ1n) is 16.0. The van der Waals surface area contributed by atoms with Crippen LogP contribution in [0.3, 0.4) is 0 Å². The Morgan fingerprint density at radius 1 is 0.630 bits per heavy atom. The number of allylic oxidation sites excluding steroid dienone is 4. The standard InChI is InChI=1S/C44H36N2/c1-44(23-21-35(22-24-44)38-18-9-17-37(26-38)33-12-4-2-5-13-33)46-43-29-41(34-14-6-3-7-15-34)28-42(30-43)40-20-10-19-39(27-40)36-16-8-11-32(25-36)31-45/h2-23,25-28,30,43,46H,24,29H2,1H3. The highest BCUT2D eigenvalue weighted by molar-refractivity contribution is 5.88. The fraction of sp³-hybridized carbons (Fsp3) is 0.114. The molecule has 2 atom stereocenters. The molecular weight excluding hydrogens is 556 g/mol. The van der Waals surface area contributed by atoms with E-state index >= 15 is 0 Å². The zero-order chi connectivity index (χ0) is 31.3. The van der Waals surface area contributed by atoms with E-state index in [0.29, 0.717) is 5.56 Å². The maximum atomic E-state index is 9.43. The quantitative estimate of drug-likeness (QED) is 0.204. The number of nitrogens with one attached hydrogen (secondary N) is 1. The molecule has 2 nitrogen and oxygen atoms in total. The summed E-state index contributed by atoms with van der Waals surface area (Å²) in [7, 11) is 0. The van der Waals surface area contributed by atoms with Gasteiger partial charge >= 0.3 is 0 Å². The third-order valence-corrected chi connectivity index (χ3v) is 9.01. The third-order valence-electron chi connectivity index (χ3n) is 9.01. The van der Waals surface area contributed by atoms with E-state index in [4.69, 9.17) is 0 Å². The minimum absolute atomic E-state index is 0.159. The van der Waals surface area contributed by atoms with Gasteiger partial charge in [-0.05, 0) is 99.7 Å². The Kier molecular flexibility index (Phi) is 8.17. The molecule has 0 spiro atoms. The Morgan fingerprint density at radius 2 is 1.20 bits per heavy atom. The minimum Gasteiger partial charge on any atom is -0.301 e. The smallest absolute Gasteiger partial charge is 0.0991 e. The van der Waals surface area contributed by atoms with Crippen molar-refractivity contribution in [3.8, 4) is 28.3 Å². The Bertz CT molecular complexity index is 2040. The SMILES string of the molecule is CC1(NC2C=C(c3cccc(-c4cccc(C#N)c4)c3)C=C(c3ccccc3)C2)C=CC(c2cccc(-c3ccccc3)c2)=CC1. The van der Waals surface area contributed by atoms with Crippen molar-refractivity contribution in [2.24, 2.45) is 0 Å². The summed E-state index contributed by atoms with van der Waals surface area (Å²) in [5, 5.41) is 13.5. The number of nitriles is 1. The number of nitrogens with zero attached hydrogens (tertiary/aromatic N) is 1. The molecule has 0 saturated heterocycles. The molecule has 0 aromatic heterocycles. The van der Waals surface area contributed by atoms with Gasteiger partial charge in [-0.2, -0.15) is 5.26 Å². The Morgan fingerprint density at radius 3 is 1.85 bits per heavy atom. The maximum Gasteiger partial charge on any atom is 0.0991 e. The lowest BCUT2D eigenvalue weighted by Gasteiger charge is -2.35. The molecule has 0 radical (unpaired) electrons. The van der Waals surface area contributed by atoms with E-state index in [0.717, 1.165) is 24.0 Å². The lowest BCUT2D eigenvalue weighted by atomic mass is 9.83. The molecule has 2 aliphatic carbocycles. The molecule has 5 aromatic rings. The van der Waals surface area contributed by atoms with Crippen molar-refractivity contribution in [2.45, 2.75) is 31.3 Å². The molecule has 5 aromatic carbocycles. The summed E-state index contributed by atoms with van der Waals surface area (Å²) in [5.41, 5.74) is 12.6. The predicted molar refractivity (Wildman–Crippen MR) is 193 cm³/mol. The first-order valence-corrected chi connectivity index (χ1v) is 16.0. The van der Waals surface area contributed by atoms with Crippen molar-refractivity contribution in [1.82, 2.24) is 5.32 Å². The van der Waals surface area contributed by atoms with E-state index in [2.05, 4.69) is 164 Å². The Labute approximate surface area is 272 Å². The van der Waals surface area contributed by atoms with Gasteiger partial charge in [0.15, 0.2) is 0 Å². The van der Waals surface area contributed by atoms with Gasteiger partial charge < -0.3 is 5.32 Å². The molecular formula is C44H36N2. The number of rotatable bonds is 7. The van der Waals surface area contributed by atoms with Crippen molar-refractivity contribution >= 4 is 16.7 Å². The lowest BCUT2D eigenvalue weighted by Crippen LogP contribution is -2.47. The first kappa shape index (κ1) is 29.2. The third kappa shape index (κ3) is 6.47. The van der Waals surface area contributed by atoms with E-state index in [1.165, 1.54) is 44.5 Å². The van der Waals surface area contributed by atoms with Crippen molar-refractivity contribution in [1.29, 1.82) is 5.26 Å². The average molecular weight is 593 g/mol. The van der Waals surface area contributed by atoms with E-state index in [1.54, 1.807) is 0 Å². The first-order chi connectivity index (χ1) is 22.5. The van der Waals surface area contributed by atoms with Crippen molar-refractivity contribution < 1.29 is 0 Å². The Hall–Kier alpha value is -5.49. The number of hydrogen-bond donors (Lipinski definition) is 1. The minimum atomic E-state index is -0.175. The van der Waals surface area contributed by atoms with Gasteiger partial charge in [-0.3, -0.25) is 0 Å². The van der Waals surface area contributed by atoms with Gasteiger partial charge in [0.2, 0.25) is 0 Å². The van der Waals surface area contributed by atoms with Crippen LogP contribution in [0.15, 0.2) is 164 Å². The fourth-order valence-electron chi connectivity index (χ4n) is 6.56. The second-order valence-electron chi connectivity index (χ2n) is 12.4. The van der Waals surface area contributed by atoms with Gasteiger partial charge in [-0.25, -0.2) is 0 Å². The van der Waals surface area contributed by atoms with E-state index < -0.39 is 0 Å². The van der Waals surface area contributed by atoms with Gasteiger partial charge in [0.25, 0.3) is 0 Å². The summed E-state index contributed by atoms with van der Waals surface area (Å²) >= 11 is 0. The van der Waals surface area contributed by atoms with Gasteiger partial charge in [0.1, 0.15) is 0 Å². The van der Waals surface area contributed by atoms with E-state index in [1.807, 2.05) is 18.2 Å². The van der Waals surface area contributed by atoms with Crippen molar-refractivity contribution in [3.63, 3.8) is 0 Å². The van der Waals surface area contributed by atoms with Crippen LogP contribution in [0.1, 0.15) is 42.0 Å². The summed E-state index contributed by atoms with van der Waals surface area (Å²) < 4.78 is 0. The molecule has 2 unspecified atom stereocenters. The number of benzene rings is 5. The molecule has 0 aliphatic heterocycles. The normalized spacial score (nSPS) is 19.0. The summed E-state index contributed by atoms with van der Waals surface area (Å²) in [6.07, 6.45) is 13.5. The van der Waals surface area contributed by atoms with Crippen LogP contribution >= 0.6 is 0 Å². The van der Waals surface area contributed by atoms with Crippen LogP contribution in [0.25, 0.3) is 39.0 Å². The monoisotopic (exact) mass is 592 g/mol. The van der Waals surface area contributed by atoms with Crippen LogP contribution in [-0.4, -0.2) is 11.6 Å².